The molecule has 0 aliphatic carbocycles. The molecule has 1 amide bonds. The Balaban J connectivity index is 1.53. The number of carbonyl (C=O) groups is 2. The van der Waals surface area contributed by atoms with Gasteiger partial charge in [0.15, 0.2) is 11.9 Å². The Morgan fingerprint density at radius 1 is 0.806 bits per heavy atom. The first-order chi connectivity index (χ1) is 15.2. The van der Waals surface area contributed by atoms with Gasteiger partial charge in [0.2, 0.25) is 0 Å². The smallest absolute Gasteiger partial charge is 0.265 e. The zero-order chi connectivity index (χ0) is 21.6. The molecule has 4 nitrogen and oxygen atoms in total. The SMILES string of the molecule is CC[C@@H](Oc1ccc2ccccc2c1)C(=O)Nc1ccccc1C(=O)c1ccccc1. The van der Waals surface area contributed by atoms with E-state index in [1.807, 2.05) is 67.6 Å². The topological polar surface area (TPSA) is 55.4 Å². The second kappa shape index (κ2) is 9.26. The number of fused-ring (bicyclic) bond motifs is 1. The van der Waals surface area contributed by atoms with Crippen molar-refractivity contribution in [1.29, 1.82) is 0 Å². The number of rotatable bonds is 7. The predicted molar refractivity (Wildman–Crippen MR) is 124 cm³/mol. The zero-order valence-electron chi connectivity index (χ0n) is 17.2. The first kappa shape index (κ1) is 20.4. The van der Waals surface area contributed by atoms with Gasteiger partial charge in [0.25, 0.3) is 5.91 Å². The monoisotopic (exact) mass is 409 g/mol. The van der Waals surface area contributed by atoms with Crippen molar-refractivity contribution in [2.75, 3.05) is 5.32 Å². The number of ketones is 1. The molecule has 31 heavy (non-hydrogen) atoms. The summed E-state index contributed by atoms with van der Waals surface area (Å²) in [6.45, 7) is 1.90. The fraction of sp³-hybridized carbons (Fsp3) is 0.111. The van der Waals surface area contributed by atoms with Gasteiger partial charge in [-0.2, -0.15) is 0 Å². The molecule has 1 N–H and O–H groups in total. The van der Waals surface area contributed by atoms with E-state index in [9.17, 15) is 9.59 Å². The molecular weight excluding hydrogens is 386 g/mol. The Bertz CT molecular complexity index is 1220. The average Bonchev–Trinajstić information content (AvgIpc) is 2.82. The standard InChI is InChI=1S/C27H23NO3/c1-2-25(31-22-17-16-19-10-6-7-13-21(19)18-22)27(30)28-24-15-9-8-14-23(24)26(29)20-11-4-3-5-12-20/h3-18,25H,2H2,1H3,(H,28,30)/t25-/m1/s1. The van der Waals surface area contributed by atoms with Gasteiger partial charge in [0.1, 0.15) is 5.75 Å². The fourth-order valence-electron chi connectivity index (χ4n) is 3.48. The van der Waals surface area contributed by atoms with Crippen LogP contribution in [-0.2, 0) is 4.79 Å². The lowest BCUT2D eigenvalue weighted by Crippen LogP contribution is -2.32. The fourth-order valence-corrected chi connectivity index (χ4v) is 3.48. The van der Waals surface area contributed by atoms with Gasteiger partial charge >= 0.3 is 0 Å². The van der Waals surface area contributed by atoms with E-state index < -0.39 is 6.10 Å². The first-order valence-electron chi connectivity index (χ1n) is 10.3. The van der Waals surface area contributed by atoms with Gasteiger partial charge in [0, 0.05) is 11.1 Å². The normalized spacial score (nSPS) is 11.6. The summed E-state index contributed by atoms with van der Waals surface area (Å²) in [7, 11) is 0. The van der Waals surface area contributed by atoms with Crippen LogP contribution in [0.5, 0.6) is 5.75 Å². The number of benzene rings is 4. The van der Waals surface area contributed by atoms with Crippen LogP contribution in [0.25, 0.3) is 10.8 Å². The lowest BCUT2D eigenvalue weighted by molar-refractivity contribution is -0.122. The van der Waals surface area contributed by atoms with Crippen molar-refractivity contribution in [2.24, 2.45) is 0 Å². The minimum atomic E-state index is -0.680. The van der Waals surface area contributed by atoms with Crippen LogP contribution in [0, 0.1) is 0 Å². The number of hydrogen-bond donors (Lipinski definition) is 1. The highest BCUT2D eigenvalue weighted by atomic mass is 16.5. The van der Waals surface area contributed by atoms with Crippen LogP contribution in [0.2, 0.25) is 0 Å². The van der Waals surface area contributed by atoms with Gasteiger partial charge in [-0.25, -0.2) is 0 Å². The second-order valence-electron chi connectivity index (χ2n) is 7.25. The van der Waals surface area contributed by atoms with E-state index in [0.717, 1.165) is 10.8 Å². The Morgan fingerprint density at radius 3 is 2.26 bits per heavy atom. The average molecular weight is 409 g/mol. The van der Waals surface area contributed by atoms with Crippen LogP contribution in [0.15, 0.2) is 97.1 Å². The van der Waals surface area contributed by atoms with E-state index in [1.54, 1.807) is 36.4 Å². The maximum absolute atomic E-state index is 13.0. The molecule has 0 aliphatic rings. The summed E-state index contributed by atoms with van der Waals surface area (Å²) in [4.78, 5) is 25.9. The second-order valence-corrected chi connectivity index (χ2v) is 7.25. The van der Waals surface area contributed by atoms with Crippen LogP contribution < -0.4 is 10.1 Å². The van der Waals surface area contributed by atoms with Crippen molar-refractivity contribution in [1.82, 2.24) is 0 Å². The molecule has 1 atom stereocenters. The molecule has 0 unspecified atom stereocenters. The molecule has 4 heteroatoms. The van der Waals surface area contributed by atoms with E-state index in [4.69, 9.17) is 4.74 Å². The molecule has 0 aromatic heterocycles. The summed E-state index contributed by atoms with van der Waals surface area (Å²) in [6, 6.07) is 29.8. The first-order valence-corrected chi connectivity index (χ1v) is 10.3. The Hall–Kier alpha value is -3.92. The van der Waals surface area contributed by atoms with Crippen molar-refractivity contribution in [2.45, 2.75) is 19.4 Å². The van der Waals surface area contributed by atoms with Crippen LogP contribution >= 0.6 is 0 Å². The van der Waals surface area contributed by atoms with Crippen molar-refractivity contribution in [3.8, 4) is 5.75 Å². The molecule has 0 spiro atoms. The van der Waals surface area contributed by atoms with Crippen molar-refractivity contribution < 1.29 is 14.3 Å². The van der Waals surface area contributed by atoms with Gasteiger partial charge in [-0.15, -0.1) is 0 Å². The number of nitrogens with one attached hydrogen (secondary N) is 1. The third-order valence-corrected chi connectivity index (χ3v) is 5.13. The summed E-state index contributed by atoms with van der Waals surface area (Å²) in [5, 5.41) is 5.05. The molecule has 4 rings (SSSR count). The Morgan fingerprint density at radius 2 is 1.48 bits per heavy atom. The maximum atomic E-state index is 13.0. The molecule has 0 heterocycles. The Labute approximate surface area is 181 Å². The molecule has 0 radical (unpaired) electrons. The van der Waals surface area contributed by atoms with E-state index in [2.05, 4.69) is 5.32 Å². The number of anilines is 1. The lowest BCUT2D eigenvalue weighted by atomic mass is 10.0. The van der Waals surface area contributed by atoms with Gasteiger partial charge in [0.05, 0.1) is 5.69 Å². The largest absolute Gasteiger partial charge is 0.481 e. The van der Waals surface area contributed by atoms with Crippen molar-refractivity contribution >= 4 is 28.2 Å². The molecule has 0 bridgehead atoms. The summed E-state index contributed by atoms with van der Waals surface area (Å²) >= 11 is 0. The highest BCUT2D eigenvalue weighted by Gasteiger charge is 2.21. The third-order valence-electron chi connectivity index (χ3n) is 5.13. The maximum Gasteiger partial charge on any atom is 0.265 e. The minimum absolute atomic E-state index is 0.139. The lowest BCUT2D eigenvalue weighted by Gasteiger charge is -2.19. The van der Waals surface area contributed by atoms with Gasteiger partial charge < -0.3 is 10.1 Å². The van der Waals surface area contributed by atoms with E-state index in [0.29, 0.717) is 29.0 Å². The predicted octanol–water partition coefficient (Wildman–Crippen LogP) is 5.87. The molecule has 0 saturated heterocycles. The van der Waals surface area contributed by atoms with Crippen LogP contribution in [0.1, 0.15) is 29.3 Å². The van der Waals surface area contributed by atoms with E-state index in [-0.39, 0.29) is 11.7 Å². The number of para-hydroxylation sites is 1. The molecule has 0 saturated carbocycles. The number of carbonyl (C=O) groups excluding carboxylic acids is 2. The molecule has 4 aromatic rings. The van der Waals surface area contributed by atoms with Gasteiger partial charge in [-0.05, 0) is 41.5 Å². The summed E-state index contributed by atoms with van der Waals surface area (Å²) < 4.78 is 5.99. The summed E-state index contributed by atoms with van der Waals surface area (Å²) in [6.07, 6.45) is -0.186. The number of ether oxygens (including phenoxy) is 1. The minimum Gasteiger partial charge on any atom is -0.481 e. The van der Waals surface area contributed by atoms with Crippen LogP contribution in [0.3, 0.4) is 0 Å². The van der Waals surface area contributed by atoms with Crippen LogP contribution in [0.4, 0.5) is 5.69 Å². The highest BCUT2D eigenvalue weighted by molar-refractivity contribution is 6.14. The molecule has 0 fully saturated rings. The van der Waals surface area contributed by atoms with Crippen molar-refractivity contribution in [3.05, 3.63) is 108 Å². The molecule has 0 aliphatic heterocycles. The summed E-state index contributed by atoms with van der Waals surface area (Å²) in [5.41, 5.74) is 1.49. The number of hydrogen-bond acceptors (Lipinski definition) is 3. The van der Waals surface area contributed by atoms with Gasteiger partial charge in [-0.3, -0.25) is 9.59 Å². The Kier molecular flexibility index (Phi) is 6.08. The van der Waals surface area contributed by atoms with Crippen molar-refractivity contribution in [3.63, 3.8) is 0 Å². The van der Waals surface area contributed by atoms with E-state index in [1.165, 1.54) is 0 Å². The summed E-state index contributed by atoms with van der Waals surface area (Å²) in [5.74, 6) is 0.207. The zero-order valence-corrected chi connectivity index (χ0v) is 17.2. The van der Waals surface area contributed by atoms with Crippen LogP contribution in [-0.4, -0.2) is 17.8 Å². The molecular formula is C27H23NO3. The number of amides is 1. The molecule has 154 valence electrons. The quantitative estimate of drug-likeness (QED) is 0.389. The molecule has 4 aromatic carbocycles. The third kappa shape index (κ3) is 4.64. The van der Waals surface area contributed by atoms with E-state index >= 15 is 0 Å². The highest BCUT2D eigenvalue weighted by Crippen LogP contribution is 2.23. The van der Waals surface area contributed by atoms with Gasteiger partial charge in [-0.1, -0.05) is 79.7 Å².